The van der Waals surface area contributed by atoms with E-state index >= 15 is 0 Å². The Morgan fingerprint density at radius 2 is 1.80 bits per heavy atom. The van der Waals surface area contributed by atoms with Crippen LogP contribution < -0.4 is 0 Å². The number of halogens is 3. The van der Waals surface area contributed by atoms with E-state index in [1.54, 1.807) is 16.7 Å². The molecule has 0 saturated carbocycles. The summed E-state index contributed by atoms with van der Waals surface area (Å²) >= 11 is 15.5. The monoisotopic (exact) mass is 452 g/mol. The Hall–Kier alpha value is -1.35. The summed E-state index contributed by atoms with van der Waals surface area (Å²) < 4.78 is 17.8. The Morgan fingerprint density at radius 3 is 2.36 bits per heavy atom. The second-order valence-corrected chi connectivity index (χ2v) is 6.64. The normalized spacial score (nSPS) is 11.1. The van der Waals surface area contributed by atoms with Crippen LogP contribution in [0.2, 0.25) is 10.0 Å². The van der Waals surface area contributed by atoms with E-state index in [1.807, 2.05) is 0 Å². The van der Waals surface area contributed by atoms with Crippen molar-refractivity contribution in [2.75, 3.05) is 13.2 Å². The Kier molecular flexibility index (Phi) is 7.06. The average molecular weight is 454 g/mol. The molecule has 0 atom stereocenters. The van der Waals surface area contributed by atoms with Crippen molar-refractivity contribution in [2.24, 2.45) is 0 Å². The number of fused-ring (bicyclic) bond motifs is 1. The number of rotatable bonds is 7. The van der Waals surface area contributed by atoms with Crippen LogP contribution in [0.25, 0.3) is 11.0 Å². The first-order valence-electron chi connectivity index (χ1n) is 7.17. The summed E-state index contributed by atoms with van der Waals surface area (Å²) in [5.74, 6) is -0.909. The summed E-state index contributed by atoms with van der Waals surface area (Å²) in [6, 6.07) is 3.30. The van der Waals surface area contributed by atoms with Crippen LogP contribution in [0, 0.1) is 0 Å². The van der Waals surface area contributed by atoms with Crippen molar-refractivity contribution >= 4 is 62.1 Å². The molecule has 0 bridgehead atoms. The molecule has 0 unspecified atom stereocenters. The van der Waals surface area contributed by atoms with Crippen LogP contribution in [-0.4, -0.2) is 40.8 Å². The second kappa shape index (κ2) is 8.84. The maximum Gasteiger partial charge on any atom is 0.302 e. The third-order valence-electron chi connectivity index (χ3n) is 3.11. The smallest absolute Gasteiger partial charge is 0.302 e. The molecule has 0 radical (unpaired) electrons. The van der Waals surface area contributed by atoms with E-state index in [9.17, 15) is 9.59 Å². The van der Waals surface area contributed by atoms with Crippen molar-refractivity contribution in [1.29, 1.82) is 0 Å². The van der Waals surface area contributed by atoms with Gasteiger partial charge in [-0.25, -0.2) is 4.98 Å². The van der Waals surface area contributed by atoms with E-state index in [0.29, 0.717) is 25.8 Å². The first-order valence-corrected chi connectivity index (χ1v) is 8.72. The molecular weight excluding hydrogens is 439 g/mol. The van der Waals surface area contributed by atoms with Crippen molar-refractivity contribution in [3.8, 4) is 0 Å². The predicted molar refractivity (Wildman–Crippen MR) is 95.6 cm³/mol. The van der Waals surface area contributed by atoms with Crippen molar-refractivity contribution in [1.82, 2.24) is 9.55 Å². The Labute approximate surface area is 162 Å². The fourth-order valence-corrected chi connectivity index (χ4v) is 2.98. The molecule has 0 N–H and O–H groups in total. The van der Waals surface area contributed by atoms with Gasteiger partial charge in [-0.2, -0.15) is 0 Å². The highest BCUT2D eigenvalue weighted by Gasteiger charge is 2.17. The van der Waals surface area contributed by atoms with Gasteiger partial charge in [0.2, 0.25) is 0 Å². The summed E-state index contributed by atoms with van der Waals surface area (Å²) in [4.78, 5) is 26.3. The van der Waals surface area contributed by atoms with Crippen molar-refractivity contribution in [2.45, 2.75) is 26.7 Å². The molecule has 2 aromatic rings. The molecule has 136 valence electrons. The van der Waals surface area contributed by atoms with Crippen LogP contribution in [0.3, 0.4) is 0 Å². The summed E-state index contributed by atoms with van der Waals surface area (Å²) in [5.41, 5.74) is 1.24. The molecule has 0 amide bonds. The molecule has 0 aliphatic carbocycles. The number of esters is 2. The van der Waals surface area contributed by atoms with Crippen LogP contribution in [0.1, 0.15) is 13.8 Å². The lowest BCUT2D eigenvalue weighted by atomic mass is 10.3. The lowest BCUT2D eigenvalue weighted by Gasteiger charge is -2.18. The van der Waals surface area contributed by atoms with Crippen LogP contribution in [0.4, 0.5) is 0 Å². The van der Waals surface area contributed by atoms with Gasteiger partial charge in [0.05, 0.1) is 10.5 Å². The number of hydrogen-bond donors (Lipinski definition) is 0. The minimum atomic E-state index is -0.633. The standard InChI is InChI=1S/C15H15BrCl2N2O5/c1-8(21)23-5-11(6-24-9(2)22)25-7-20-13-4-10(17)3-12(18)14(13)19-15(20)16/h3-4,11H,5-7H2,1-2H3. The number of ether oxygens (including phenoxy) is 3. The zero-order valence-corrected chi connectivity index (χ0v) is 16.5. The minimum Gasteiger partial charge on any atom is -0.463 e. The fourth-order valence-electron chi connectivity index (χ4n) is 1.99. The molecule has 10 heteroatoms. The van der Waals surface area contributed by atoms with E-state index in [0.717, 1.165) is 0 Å². The second-order valence-electron chi connectivity index (χ2n) is 5.09. The first-order chi connectivity index (χ1) is 11.8. The molecule has 0 spiro atoms. The van der Waals surface area contributed by atoms with Crippen LogP contribution in [-0.2, 0) is 30.5 Å². The third-order valence-corrected chi connectivity index (χ3v) is 4.22. The lowest BCUT2D eigenvalue weighted by Crippen LogP contribution is -2.28. The quantitative estimate of drug-likeness (QED) is 0.596. The topological polar surface area (TPSA) is 79.6 Å². The van der Waals surface area contributed by atoms with Gasteiger partial charge < -0.3 is 14.2 Å². The third kappa shape index (κ3) is 5.57. The zero-order valence-electron chi connectivity index (χ0n) is 13.4. The number of carbonyl (C=O) groups excluding carboxylic acids is 2. The molecule has 7 nitrogen and oxygen atoms in total. The number of nitrogens with zero attached hydrogens (tertiary/aromatic N) is 2. The van der Waals surface area contributed by atoms with Gasteiger partial charge in [-0.05, 0) is 28.1 Å². The number of benzene rings is 1. The summed E-state index contributed by atoms with van der Waals surface area (Å²) in [6.07, 6.45) is -0.633. The van der Waals surface area contributed by atoms with Crippen LogP contribution in [0.5, 0.6) is 0 Å². The minimum absolute atomic E-state index is 0.0472. The molecule has 2 rings (SSSR count). The molecule has 1 aromatic heterocycles. The maximum absolute atomic E-state index is 11.0. The molecule has 0 aliphatic heterocycles. The zero-order chi connectivity index (χ0) is 18.6. The van der Waals surface area contributed by atoms with E-state index in [1.165, 1.54) is 13.8 Å². The van der Waals surface area contributed by atoms with Crippen molar-refractivity contribution in [3.05, 3.63) is 26.9 Å². The lowest BCUT2D eigenvalue weighted by molar-refractivity contribution is -0.154. The van der Waals surface area contributed by atoms with E-state index in [-0.39, 0.29) is 19.9 Å². The number of aromatic nitrogens is 2. The van der Waals surface area contributed by atoms with Gasteiger partial charge in [0, 0.05) is 18.9 Å². The van der Waals surface area contributed by atoms with Crippen molar-refractivity contribution < 1.29 is 23.8 Å². The molecule has 1 heterocycles. The SMILES string of the molecule is CC(=O)OCC(COC(C)=O)OCn1c(Br)nc2c(Cl)cc(Cl)cc21. The van der Waals surface area contributed by atoms with Gasteiger partial charge in [0.25, 0.3) is 0 Å². The Balaban J connectivity index is 2.15. The summed E-state index contributed by atoms with van der Waals surface area (Å²) in [6.45, 7) is 2.53. The molecule has 0 aliphatic rings. The largest absolute Gasteiger partial charge is 0.463 e. The van der Waals surface area contributed by atoms with Gasteiger partial charge in [-0.15, -0.1) is 0 Å². The van der Waals surface area contributed by atoms with Crippen LogP contribution in [0.15, 0.2) is 16.9 Å². The molecule has 25 heavy (non-hydrogen) atoms. The van der Waals surface area contributed by atoms with Gasteiger partial charge in [-0.3, -0.25) is 14.2 Å². The molecule has 0 fully saturated rings. The van der Waals surface area contributed by atoms with E-state index < -0.39 is 18.0 Å². The Bertz CT molecular complexity index is 778. The summed E-state index contributed by atoms with van der Waals surface area (Å²) in [7, 11) is 0. The van der Waals surface area contributed by atoms with Gasteiger partial charge >= 0.3 is 11.9 Å². The first kappa shape index (κ1) is 20.0. The fraction of sp³-hybridized carbons (Fsp3) is 0.400. The molecule has 1 aromatic carbocycles. The predicted octanol–water partition coefficient (Wildman–Crippen LogP) is 3.57. The number of hydrogen-bond acceptors (Lipinski definition) is 6. The van der Waals surface area contributed by atoms with Gasteiger partial charge in [0.15, 0.2) is 4.73 Å². The number of carbonyl (C=O) groups is 2. The molecule has 0 saturated heterocycles. The van der Waals surface area contributed by atoms with Crippen molar-refractivity contribution in [3.63, 3.8) is 0 Å². The number of imidazole rings is 1. The highest BCUT2D eigenvalue weighted by molar-refractivity contribution is 9.10. The van der Waals surface area contributed by atoms with E-state index in [4.69, 9.17) is 37.4 Å². The Morgan fingerprint density at radius 1 is 1.20 bits per heavy atom. The van der Waals surface area contributed by atoms with Crippen LogP contribution >= 0.6 is 39.1 Å². The summed E-state index contributed by atoms with van der Waals surface area (Å²) in [5, 5.41) is 0.876. The van der Waals surface area contributed by atoms with E-state index in [2.05, 4.69) is 20.9 Å². The molecular formula is C15H15BrCl2N2O5. The highest BCUT2D eigenvalue weighted by atomic mass is 79.9. The van der Waals surface area contributed by atoms with Gasteiger partial charge in [0.1, 0.15) is 31.6 Å². The average Bonchev–Trinajstić information content (AvgIpc) is 2.82. The highest BCUT2D eigenvalue weighted by Crippen LogP contribution is 2.30. The maximum atomic E-state index is 11.0. The van der Waals surface area contributed by atoms with Gasteiger partial charge in [-0.1, -0.05) is 23.2 Å².